The highest BCUT2D eigenvalue weighted by atomic mass is 35.5. The zero-order valence-corrected chi connectivity index (χ0v) is 13.7. The van der Waals surface area contributed by atoms with E-state index in [-0.39, 0.29) is 5.91 Å². The maximum absolute atomic E-state index is 12.1. The summed E-state index contributed by atoms with van der Waals surface area (Å²) in [5, 5.41) is 7.01. The van der Waals surface area contributed by atoms with Crippen molar-refractivity contribution in [1.82, 2.24) is 5.32 Å². The maximum Gasteiger partial charge on any atom is 0.238 e. The topological polar surface area (TPSA) is 41.1 Å². The molecule has 0 heterocycles. The molecule has 1 amide bonds. The Morgan fingerprint density at radius 1 is 1.33 bits per heavy atom. The van der Waals surface area contributed by atoms with E-state index in [0.29, 0.717) is 23.5 Å². The van der Waals surface area contributed by atoms with Gasteiger partial charge in [-0.3, -0.25) is 4.79 Å². The average molecular weight is 309 g/mol. The van der Waals surface area contributed by atoms with Gasteiger partial charge in [-0.05, 0) is 43.4 Å². The maximum atomic E-state index is 12.1. The second-order valence-electron chi connectivity index (χ2n) is 5.95. The fraction of sp³-hybridized carbons (Fsp3) is 0.588. The van der Waals surface area contributed by atoms with Crippen LogP contribution < -0.4 is 10.6 Å². The molecule has 1 aromatic rings. The Labute approximate surface area is 132 Å². The molecule has 1 aliphatic carbocycles. The lowest BCUT2D eigenvalue weighted by molar-refractivity contribution is -0.115. The molecule has 0 radical (unpaired) electrons. The number of hydrogen-bond donors (Lipinski definition) is 2. The molecule has 4 heteroatoms. The quantitative estimate of drug-likeness (QED) is 0.858. The van der Waals surface area contributed by atoms with E-state index in [2.05, 4.69) is 17.6 Å². The van der Waals surface area contributed by atoms with Crippen molar-refractivity contribution in [1.29, 1.82) is 0 Å². The van der Waals surface area contributed by atoms with Crippen LogP contribution in [0.3, 0.4) is 0 Å². The molecule has 0 aromatic heterocycles. The fourth-order valence-electron chi connectivity index (χ4n) is 3.11. The Bertz CT molecular complexity index is 490. The third-order valence-electron chi connectivity index (χ3n) is 4.43. The second kappa shape index (κ2) is 7.81. The van der Waals surface area contributed by atoms with Crippen LogP contribution in [0, 0.1) is 12.8 Å². The Balaban J connectivity index is 1.85. The summed E-state index contributed by atoms with van der Waals surface area (Å²) in [5.74, 6) is 0.709. The fourth-order valence-corrected chi connectivity index (χ4v) is 3.28. The van der Waals surface area contributed by atoms with E-state index in [4.69, 9.17) is 11.6 Å². The largest absolute Gasteiger partial charge is 0.325 e. The third kappa shape index (κ3) is 4.72. The summed E-state index contributed by atoms with van der Waals surface area (Å²) < 4.78 is 0. The first-order valence-corrected chi connectivity index (χ1v) is 8.27. The first kappa shape index (κ1) is 16.3. The molecule has 2 atom stereocenters. The summed E-state index contributed by atoms with van der Waals surface area (Å²) in [6.07, 6.45) is 6.24. The van der Waals surface area contributed by atoms with Gasteiger partial charge < -0.3 is 10.6 Å². The van der Waals surface area contributed by atoms with Crippen LogP contribution >= 0.6 is 11.6 Å². The van der Waals surface area contributed by atoms with E-state index in [9.17, 15) is 4.79 Å². The van der Waals surface area contributed by atoms with Crippen molar-refractivity contribution in [2.45, 2.75) is 52.0 Å². The molecule has 3 nitrogen and oxygen atoms in total. The molecule has 1 aliphatic rings. The van der Waals surface area contributed by atoms with Crippen molar-refractivity contribution < 1.29 is 4.79 Å². The van der Waals surface area contributed by atoms with Gasteiger partial charge in [-0.2, -0.15) is 0 Å². The van der Waals surface area contributed by atoms with Crippen LogP contribution in [-0.4, -0.2) is 18.5 Å². The van der Waals surface area contributed by atoms with E-state index < -0.39 is 0 Å². The summed E-state index contributed by atoms with van der Waals surface area (Å²) in [6.45, 7) is 4.57. The van der Waals surface area contributed by atoms with Gasteiger partial charge in [-0.25, -0.2) is 0 Å². The van der Waals surface area contributed by atoms with Crippen LogP contribution in [-0.2, 0) is 4.79 Å². The van der Waals surface area contributed by atoms with Gasteiger partial charge in [-0.1, -0.05) is 43.9 Å². The van der Waals surface area contributed by atoms with Crippen LogP contribution in [0.5, 0.6) is 0 Å². The number of amides is 1. The number of nitrogens with one attached hydrogen (secondary N) is 2. The van der Waals surface area contributed by atoms with Gasteiger partial charge in [0.1, 0.15) is 0 Å². The average Bonchev–Trinajstić information content (AvgIpc) is 2.49. The lowest BCUT2D eigenvalue weighted by Crippen LogP contribution is -2.42. The van der Waals surface area contributed by atoms with Crippen LogP contribution in [0.1, 0.15) is 44.6 Å². The first-order valence-electron chi connectivity index (χ1n) is 7.89. The SMILES string of the molecule is CCC1CCCCC1NCC(=O)Nc1cc(Cl)ccc1C. The van der Waals surface area contributed by atoms with Crippen LogP contribution in [0.15, 0.2) is 18.2 Å². The molecule has 0 bridgehead atoms. The molecular weight excluding hydrogens is 284 g/mol. The Hall–Kier alpha value is -1.06. The van der Waals surface area contributed by atoms with Crippen LogP contribution in [0.4, 0.5) is 5.69 Å². The number of carbonyl (C=O) groups excluding carboxylic acids is 1. The summed E-state index contributed by atoms with van der Waals surface area (Å²) in [6, 6.07) is 6.03. The Morgan fingerprint density at radius 2 is 2.10 bits per heavy atom. The van der Waals surface area contributed by atoms with Crippen molar-refractivity contribution in [2.75, 3.05) is 11.9 Å². The summed E-state index contributed by atoms with van der Waals surface area (Å²) in [4.78, 5) is 12.1. The van der Waals surface area contributed by atoms with Crippen molar-refractivity contribution >= 4 is 23.2 Å². The van der Waals surface area contributed by atoms with E-state index in [1.807, 2.05) is 19.1 Å². The molecular formula is C17H25ClN2O. The predicted octanol–water partition coefficient (Wildman–Crippen LogP) is 4.15. The van der Waals surface area contributed by atoms with E-state index in [0.717, 1.165) is 11.3 Å². The molecule has 1 saturated carbocycles. The zero-order valence-electron chi connectivity index (χ0n) is 12.9. The van der Waals surface area contributed by atoms with Gasteiger partial charge in [0, 0.05) is 16.8 Å². The molecule has 1 fully saturated rings. The minimum atomic E-state index is 0.000734. The van der Waals surface area contributed by atoms with Gasteiger partial charge in [-0.15, -0.1) is 0 Å². The van der Waals surface area contributed by atoms with Gasteiger partial charge in [0.05, 0.1) is 6.54 Å². The summed E-state index contributed by atoms with van der Waals surface area (Å²) >= 11 is 5.97. The van der Waals surface area contributed by atoms with Crippen molar-refractivity contribution in [2.24, 2.45) is 5.92 Å². The lowest BCUT2D eigenvalue weighted by Gasteiger charge is -2.31. The number of rotatable bonds is 5. The molecule has 2 unspecified atom stereocenters. The minimum Gasteiger partial charge on any atom is -0.325 e. The van der Waals surface area contributed by atoms with Gasteiger partial charge in [0.25, 0.3) is 0 Å². The van der Waals surface area contributed by atoms with Gasteiger partial charge in [0.15, 0.2) is 0 Å². The van der Waals surface area contributed by atoms with E-state index >= 15 is 0 Å². The van der Waals surface area contributed by atoms with Crippen molar-refractivity contribution in [3.8, 4) is 0 Å². The number of anilines is 1. The third-order valence-corrected chi connectivity index (χ3v) is 4.67. The van der Waals surface area contributed by atoms with Gasteiger partial charge >= 0.3 is 0 Å². The number of halogens is 1. The van der Waals surface area contributed by atoms with Crippen LogP contribution in [0.2, 0.25) is 5.02 Å². The number of aryl methyl sites for hydroxylation is 1. The first-order chi connectivity index (χ1) is 10.1. The molecule has 116 valence electrons. The molecule has 1 aromatic carbocycles. The summed E-state index contributed by atoms with van der Waals surface area (Å²) in [5.41, 5.74) is 1.82. The highest BCUT2D eigenvalue weighted by molar-refractivity contribution is 6.31. The number of hydrogen-bond acceptors (Lipinski definition) is 2. The monoisotopic (exact) mass is 308 g/mol. The molecule has 0 spiro atoms. The second-order valence-corrected chi connectivity index (χ2v) is 6.38. The highest BCUT2D eigenvalue weighted by Gasteiger charge is 2.23. The van der Waals surface area contributed by atoms with E-state index in [1.54, 1.807) is 6.07 Å². The normalized spacial score (nSPS) is 22.0. The highest BCUT2D eigenvalue weighted by Crippen LogP contribution is 2.26. The van der Waals surface area contributed by atoms with E-state index in [1.165, 1.54) is 32.1 Å². The lowest BCUT2D eigenvalue weighted by atomic mass is 9.83. The van der Waals surface area contributed by atoms with Crippen molar-refractivity contribution in [3.05, 3.63) is 28.8 Å². The zero-order chi connectivity index (χ0) is 15.2. The molecule has 21 heavy (non-hydrogen) atoms. The molecule has 0 aliphatic heterocycles. The Morgan fingerprint density at radius 3 is 2.86 bits per heavy atom. The molecule has 2 N–H and O–H groups in total. The van der Waals surface area contributed by atoms with Crippen molar-refractivity contribution in [3.63, 3.8) is 0 Å². The molecule has 2 rings (SSSR count). The standard InChI is InChI=1S/C17H25ClN2O/c1-3-13-6-4-5-7-15(13)19-11-17(21)20-16-10-14(18)9-8-12(16)2/h8-10,13,15,19H,3-7,11H2,1-2H3,(H,20,21). The summed E-state index contributed by atoms with van der Waals surface area (Å²) in [7, 11) is 0. The number of carbonyl (C=O) groups is 1. The van der Waals surface area contributed by atoms with Gasteiger partial charge in [0.2, 0.25) is 5.91 Å². The Kier molecular flexibility index (Phi) is 6.07. The van der Waals surface area contributed by atoms with Crippen LogP contribution in [0.25, 0.3) is 0 Å². The minimum absolute atomic E-state index is 0.000734. The molecule has 0 saturated heterocycles. The smallest absolute Gasteiger partial charge is 0.238 e. The predicted molar refractivity (Wildman–Crippen MR) is 88.9 cm³/mol. The number of benzene rings is 1.